The van der Waals surface area contributed by atoms with Crippen molar-refractivity contribution in [1.29, 1.82) is 0 Å². The second kappa shape index (κ2) is 7.46. The Labute approximate surface area is 156 Å². The van der Waals surface area contributed by atoms with Crippen molar-refractivity contribution in [3.8, 4) is 34.6 Å². The maximum atomic E-state index is 10.8. The van der Waals surface area contributed by atoms with Crippen molar-refractivity contribution in [2.45, 2.75) is 6.54 Å². The number of aromatic nitrogens is 3. The first-order valence-electron chi connectivity index (χ1n) is 7.28. The van der Waals surface area contributed by atoms with Crippen LogP contribution >= 0.6 is 24.2 Å². The number of nitrogens with two attached hydrogens (primary N) is 1. The molecule has 2 aromatic carbocycles. The van der Waals surface area contributed by atoms with Crippen molar-refractivity contribution in [3.63, 3.8) is 0 Å². The Morgan fingerprint density at radius 1 is 1.19 bits per heavy atom. The van der Waals surface area contributed by atoms with Crippen LogP contribution in [0.25, 0.3) is 17.1 Å². The van der Waals surface area contributed by atoms with Gasteiger partial charge in [0.1, 0.15) is 11.5 Å². The van der Waals surface area contributed by atoms with Gasteiger partial charge in [-0.05, 0) is 35.9 Å². The number of aromatic hydroxyl groups is 2. The molecule has 9 nitrogen and oxygen atoms in total. The number of rotatable bonds is 5. The van der Waals surface area contributed by atoms with Crippen LogP contribution in [0.4, 0.5) is 0 Å². The van der Waals surface area contributed by atoms with Crippen molar-refractivity contribution in [1.82, 2.24) is 14.8 Å². The van der Waals surface area contributed by atoms with Crippen LogP contribution in [-0.4, -0.2) is 29.9 Å². The molecule has 11 heteroatoms. The highest BCUT2D eigenvalue weighted by atomic mass is 79.9. The third-order valence-corrected chi connectivity index (χ3v) is 4.47. The minimum Gasteiger partial charge on any atom is -0.507 e. The van der Waals surface area contributed by atoms with Gasteiger partial charge < -0.3 is 25.4 Å². The summed E-state index contributed by atoms with van der Waals surface area (Å²) in [6.45, 7) is 0.204. The van der Waals surface area contributed by atoms with E-state index in [-0.39, 0.29) is 35.4 Å². The van der Waals surface area contributed by atoms with Crippen molar-refractivity contribution in [2.24, 2.45) is 5.73 Å². The third-order valence-electron chi connectivity index (χ3n) is 3.56. The highest BCUT2D eigenvalue weighted by Crippen LogP contribution is 2.36. The van der Waals surface area contributed by atoms with E-state index in [0.717, 1.165) is 4.47 Å². The lowest BCUT2D eigenvalue weighted by molar-refractivity contribution is 0.408. The van der Waals surface area contributed by atoms with Crippen LogP contribution in [-0.2, 0) is 11.1 Å². The monoisotopic (exact) mass is 440 g/mol. The third kappa shape index (κ3) is 3.58. The van der Waals surface area contributed by atoms with E-state index in [9.17, 15) is 14.8 Å². The molecule has 26 heavy (non-hydrogen) atoms. The van der Waals surface area contributed by atoms with Crippen LogP contribution in [0.5, 0.6) is 17.5 Å². The highest BCUT2D eigenvalue weighted by molar-refractivity contribution is 9.10. The van der Waals surface area contributed by atoms with Gasteiger partial charge in [0, 0.05) is 17.1 Å². The molecule has 0 radical (unpaired) electrons. The van der Waals surface area contributed by atoms with E-state index < -0.39 is 8.25 Å². The van der Waals surface area contributed by atoms with E-state index in [0.29, 0.717) is 11.3 Å². The van der Waals surface area contributed by atoms with Crippen LogP contribution in [0.3, 0.4) is 0 Å². The van der Waals surface area contributed by atoms with Gasteiger partial charge in [0.2, 0.25) is 0 Å². The molecule has 3 aromatic rings. The fourth-order valence-electron chi connectivity index (χ4n) is 2.47. The topological polar surface area (TPSA) is 144 Å². The molecule has 0 aliphatic heterocycles. The molecule has 0 aliphatic carbocycles. The van der Waals surface area contributed by atoms with Gasteiger partial charge in [-0.1, -0.05) is 21.0 Å². The number of hydrogen-bond acceptors (Lipinski definition) is 7. The van der Waals surface area contributed by atoms with Gasteiger partial charge in [0.15, 0.2) is 5.82 Å². The van der Waals surface area contributed by atoms with Gasteiger partial charge in [-0.3, -0.25) is 0 Å². The molecule has 1 heterocycles. The summed E-state index contributed by atoms with van der Waals surface area (Å²) < 4.78 is 17.6. The van der Waals surface area contributed by atoms with Gasteiger partial charge >= 0.3 is 14.3 Å². The maximum absolute atomic E-state index is 10.8. The molecule has 0 fully saturated rings. The SMILES string of the molecule is NCc1cc(Br)ccc1-n1c(O)nnc1-c1ccc(O[PH](=O)O)cc1O. The number of halogens is 1. The predicted octanol–water partition coefficient (Wildman–Crippen LogP) is 2.33. The molecule has 5 N–H and O–H groups in total. The van der Waals surface area contributed by atoms with E-state index in [1.54, 1.807) is 18.2 Å². The summed E-state index contributed by atoms with van der Waals surface area (Å²) in [5.74, 6) is -0.0646. The number of phenolic OH excluding ortho intramolecular Hbond substituents is 1. The van der Waals surface area contributed by atoms with E-state index >= 15 is 0 Å². The summed E-state index contributed by atoms with van der Waals surface area (Å²) in [7, 11) is -3.19. The normalized spacial score (nSPS) is 12.1. The molecule has 3 rings (SSSR count). The molecule has 0 spiro atoms. The van der Waals surface area contributed by atoms with Gasteiger partial charge in [0.05, 0.1) is 11.3 Å². The molecule has 0 saturated carbocycles. The average Bonchev–Trinajstić information content (AvgIpc) is 2.95. The second-order valence-electron chi connectivity index (χ2n) is 5.18. The lowest BCUT2D eigenvalue weighted by atomic mass is 10.1. The zero-order chi connectivity index (χ0) is 18.8. The summed E-state index contributed by atoms with van der Waals surface area (Å²) in [5, 5.41) is 28.0. The Hall–Kier alpha value is -2.39. The van der Waals surface area contributed by atoms with Crippen LogP contribution in [0, 0.1) is 0 Å². The summed E-state index contributed by atoms with van der Waals surface area (Å²) >= 11 is 3.37. The van der Waals surface area contributed by atoms with Gasteiger partial charge in [-0.25, -0.2) is 9.13 Å². The van der Waals surface area contributed by atoms with Crippen LogP contribution in [0.15, 0.2) is 40.9 Å². The number of phenols is 1. The van der Waals surface area contributed by atoms with Crippen LogP contribution < -0.4 is 10.3 Å². The highest BCUT2D eigenvalue weighted by Gasteiger charge is 2.20. The van der Waals surface area contributed by atoms with E-state index in [2.05, 4.69) is 30.7 Å². The fraction of sp³-hybridized carbons (Fsp3) is 0.0667. The minimum absolute atomic E-state index is 0.0271. The summed E-state index contributed by atoms with van der Waals surface area (Å²) in [5.41, 5.74) is 7.30. The molecule has 1 unspecified atom stereocenters. The van der Waals surface area contributed by atoms with E-state index in [4.69, 9.17) is 10.6 Å². The minimum atomic E-state index is -3.19. The lowest BCUT2D eigenvalue weighted by Crippen LogP contribution is -2.06. The van der Waals surface area contributed by atoms with Gasteiger partial charge in [-0.2, -0.15) is 0 Å². The Morgan fingerprint density at radius 3 is 2.62 bits per heavy atom. The number of benzene rings is 2. The second-order valence-corrected chi connectivity index (χ2v) is 6.83. The quantitative estimate of drug-likeness (QED) is 0.442. The number of hydrogen-bond donors (Lipinski definition) is 4. The predicted molar refractivity (Wildman–Crippen MR) is 97.6 cm³/mol. The van der Waals surface area contributed by atoms with E-state index in [1.165, 1.54) is 22.8 Å². The molecule has 1 aromatic heterocycles. The molecular formula is C15H14BrN4O5P. The standard InChI is InChI=1S/C15H14BrN4O5P/c16-9-1-4-12(8(5-9)7-17)20-14(18-19-15(20)22)11-3-2-10(6-13(11)21)25-26(23)24/h1-6,21,26H,7,17H2,(H,19,22)(H,23,24). The molecule has 0 bridgehead atoms. The first-order valence-corrected chi connectivity index (χ1v) is 9.33. The van der Waals surface area contributed by atoms with Crippen molar-refractivity contribution < 1.29 is 24.2 Å². The summed E-state index contributed by atoms with van der Waals surface area (Å²) in [6.07, 6.45) is 0. The van der Waals surface area contributed by atoms with Crippen molar-refractivity contribution >= 4 is 24.2 Å². The fourth-order valence-corrected chi connectivity index (χ4v) is 3.21. The summed E-state index contributed by atoms with van der Waals surface area (Å²) in [6, 6.07) is 8.94. The average molecular weight is 441 g/mol. The smallest absolute Gasteiger partial charge is 0.365 e. The van der Waals surface area contributed by atoms with Crippen molar-refractivity contribution in [2.75, 3.05) is 0 Å². The zero-order valence-electron chi connectivity index (χ0n) is 13.1. The van der Waals surface area contributed by atoms with Gasteiger partial charge in [-0.15, -0.1) is 5.10 Å². The molecule has 0 aliphatic rings. The molecule has 0 saturated heterocycles. The summed E-state index contributed by atoms with van der Waals surface area (Å²) in [4.78, 5) is 8.83. The first kappa shape index (κ1) is 18.4. The van der Waals surface area contributed by atoms with E-state index in [1.807, 2.05) is 0 Å². The van der Waals surface area contributed by atoms with Crippen LogP contribution in [0.2, 0.25) is 0 Å². The van der Waals surface area contributed by atoms with Crippen molar-refractivity contribution in [3.05, 3.63) is 46.4 Å². The molecule has 0 amide bonds. The first-order chi connectivity index (χ1) is 12.4. The van der Waals surface area contributed by atoms with Crippen LogP contribution in [0.1, 0.15) is 5.56 Å². The largest absolute Gasteiger partial charge is 0.507 e. The Bertz CT molecular complexity index is 994. The Balaban J connectivity index is 2.14. The molecular weight excluding hydrogens is 427 g/mol. The number of nitrogens with zero attached hydrogens (tertiary/aromatic N) is 3. The Morgan fingerprint density at radius 2 is 1.96 bits per heavy atom. The zero-order valence-corrected chi connectivity index (χ0v) is 15.7. The van der Waals surface area contributed by atoms with Gasteiger partial charge in [0.25, 0.3) is 0 Å². The molecule has 136 valence electrons. The maximum Gasteiger partial charge on any atom is 0.365 e. The Kier molecular flexibility index (Phi) is 5.28. The lowest BCUT2D eigenvalue weighted by Gasteiger charge is -2.13. The molecule has 1 atom stereocenters.